The summed E-state index contributed by atoms with van der Waals surface area (Å²) in [6.45, 7) is 2.69. The fourth-order valence-electron chi connectivity index (χ4n) is 2.20. The van der Waals surface area contributed by atoms with Gasteiger partial charge in [0.05, 0.1) is 6.61 Å². The van der Waals surface area contributed by atoms with Crippen LogP contribution in [0.5, 0.6) is 5.75 Å². The Bertz CT molecular complexity index is 628. The second-order valence-electron chi connectivity index (χ2n) is 4.35. The van der Waals surface area contributed by atoms with Crippen LogP contribution in [0, 0.1) is 6.92 Å². The Morgan fingerprint density at radius 2 is 2.22 bits per heavy atom. The highest BCUT2D eigenvalue weighted by molar-refractivity contribution is 7.17. The minimum Gasteiger partial charge on any atom is -0.493 e. The third-order valence-corrected chi connectivity index (χ3v) is 4.35. The number of thiophene rings is 1. The summed E-state index contributed by atoms with van der Waals surface area (Å²) in [7, 11) is 0. The largest absolute Gasteiger partial charge is 0.493 e. The van der Waals surface area contributed by atoms with Gasteiger partial charge in [-0.3, -0.25) is 0 Å². The van der Waals surface area contributed by atoms with Crippen molar-refractivity contribution in [3.63, 3.8) is 0 Å². The molecule has 0 radical (unpaired) electrons. The van der Waals surface area contributed by atoms with Gasteiger partial charge in [-0.1, -0.05) is 0 Å². The third kappa shape index (κ3) is 1.78. The molecule has 18 heavy (non-hydrogen) atoms. The number of rotatable bonds is 2. The predicted octanol–water partition coefficient (Wildman–Crippen LogP) is 3.36. The Morgan fingerprint density at radius 1 is 1.39 bits per heavy atom. The molecule has 0 bridgehead atoms. The summed E-state index contributed by atoms with van der Waals surface area (Å²) in [5, 5.41) is 9.01. The fraction of sp³-hybridized carbons (Fsp3) is 0.214. The van der Waals surface area contributed by atoms with E-state index in [0.29, 0.717) is 4.88 Å². The zero-order valence-electron chi connectivity index (χ0n) is 9.90. The van der Waals surface area contributed by atoms with E-state index >= 15 is 0 Å². The van der Waals surface area contributed by atoms with Crippen molar-refractivity contribution in [2.24, 2.45) is 0 Å². The monoisotopic (exact) mass is 260 g/mol. The molecule has 2 aromatic rings. The number of carboxylic acids is 1. The number of aryl methyl sites for hydroxylation is 1. The third-order valence-electron chi connectivity index (χ3n) is 3.08. The van der Waals surface area contributed by atoms with E-state index in [0.717, 1.165) is 34.8 Å². The molecule has 0 atom stereocenters. The lowest BCUT2D eigenvalue weighted by atomic mass is 10.1. The van der Waals surface area contributed by atoms with Crippen LogP contribution in [0.2, 0.25) is 0 Å². The van der Waals surface area contributed by atoms with Crippen LogP contribution >= 0.6 is 11.3 Å². The lowest BCUT2D eigenvalue weighted by Crippen LogP contribution is -1.89. The Hall–Kier alpha value is -1.81. The number of carbonyl (C=O) groups is 1. The van der Waals surface area contributed by atoms with Crippen molar-refractivity contribution in [3.8, 4) is 16.2 Å². The van der Waals surface area contributed by atoms with Crippen LogP contribution in [-0.2, 0) is 6.42 Å². The topological polar surface area (TPSA) is 46.5 Å². The molecule has 1 aliphatic heterocycles. The highest BCUT2D eigenvalue weighted by atomic mass is 32.1. The summed E-state index contributed by atoms with van der Waals surface area (Å²) >= 11 is 1.33. The molecule has 92 valence electrons. The van der Waals surface area contributed by atoms with Crippen molar-refractivity contribution in [1.82, 2.24) is 0 Å². The van der Waals surface area contributed by atoms with Gasteiger partial charge in [0.2, 0.25) is 0 Å². The first-order chi connectivity index (χ1) is 8.65. The molecule has 2 heterocycles. The normalized spacial score (nSPS) is 13.2. The molecule has 0 saturated heterocycles. The van der Waals surface area contributed by atoms with Gasteiger partial charge in [-0.25, -0.2) is 4.79 Å². The highest BCUT2D eigenvalue weighted by Crippen LogP contribution is 2.36. The van der Waals surface area contributed by atoms with E-state index in [1.54, 1.807) is 6.07 Å². The van der Waals surface area contributed by atoms with Crippen LogP contribution in [0.15, 0.2) is 24.3 Å². The summed E-state index contributed by atoms with van der Waals surface area (Å²) in [5.74, 6) is 0.0882. The first kappa shape index (κ1) is 11.3. The summed E-state index contributed by atoms with van der Waals surface area (Å²) < 4.78 is 5.47. The fourth-order valence-corrected chi connectivity index (χ4v) is 3.21. The molecule has 0 fully saturated rings. The summed E-state index contributed by atoms with van der Waals surface area (Å²) in [4.78, 5) is 12.4. The Kier molecular flexibility index (Phi) is 2.59. The van der Waals surface area contributed by atoms with E-state index in [-0.39, 0.29) is 0 Å². The molecule has 1 aromatic carbocycles. The molecule has 0 unspecified atom stereocenters. The van der Waals surface area contributed by atoms with E-state index in [2.05, 4.69) is 6.07 Å². The first-order valence-corrected chi connectivity index (χ1v) is 6.56. The van der Waals surface area contributed by atoms with Gasteiger partial charge in [0.25, 0.3) is 0 Å². The quantitative estimate of drug-likeness (QED) is 0.900. The van der Waals surface area contributed by atoms with Gasteiger partial charge in [-0.2, -0.15) is 0 Å². The van der Waals surface area contributed by atoms with E-state index in [1.807, 2.05) is 19.1 Å². The summed E-state index contributed by atoms with van der Waals surface area (Å²) in [6.07, 6.45) is 0.930. The van der Waals surface area contributed by atoms with E-state index < -0.39 is 5.97 Å². The molecule has 1 N–H and O–H groups in total. The maximum atomic E-state index is 11.0. The maximum Gasteiger partial charge on any atom is 0.345 e. The van der Waals surface area contributed by atoms with Crippen LogP contribution in [-0.4, -0.2) is 17.7 Å². The summed E-state index contributed by atoms with van der Waals surface area (Å²) in [6, 6.07) is 7.80. The molecule has 0 aliphatic carbocycles. The minimum atomic E-state index is -0.862. The predicted molar refractivity (Wildman–Crippen MR) is 70.7 cm³/mol. The van der Waals surface area contributed by atoms with Gasteiger partial charge >= 0.3 is 5.97 Å². The van der Waals surface area contributed by atoms with Gasteiger partial charge in [0, 0.05) is 11.3 Å². The number of hydrogen-bond acceptors (Lipinski definition) is 3. The zero-order chi connectivity index (χ0) is 12.7. The van der Waals surface area contributed by atoms with E-state index in [9.17, 15) is 4.79 Å². The van der Waals surface area contributed by atoms with Gasteiger partial charge in [0.1, 0.15) is 10.6 Å². The van der Waals surface area contributed by atoms with Crippen molar-refractivity contribution >= 4 is 17.3 Å². The SMILES string of the molecule is Cc1cc(C(=O)O)sc1-c1ccc2c(c1)CCO2. The number of benzene rings is 1. The second kappa shape index (κ2) is 4.14. The molecule has 4 heteroatoms. The van der Waals surface area contributed by atoms with Crippen LogP contribution in [0.1, 0.15) is 20.8 Å². The van der Waals surface area contributed by atoms with Crippen molar-refractivity contribution in [2.75, 3.05) is 6.61 Å². The molecule has 1 aromatic heterocycles. The average Bonchev–Trinajstić information content (AvgIpc) is 2.93. The standard InChI is InChI=1S/C14H12O3S/c1-8-6-12(14(15)16)18-13(8)10-2-3-11-9(7-10)4-5-17-11/h2-3,6-7H,4-5H2,1H3,(H,15,16). The van der Waals surface area contributed by atoms with Gasteiger partial charge < -0.3 is 9.84 Å². The lowest BCUT2D eigenvalue weighted by molar-refractivity contribution is 0.0702. The number of ether oxygens (including phenoxy) is 1. The molecule has 0 spiro atoms. The average molecular weight is 260 g/mol. The van der Waals surface area contributed by atoms with Crippen LogP contribution < -0.4 is 4.74 Å². The van der Waals surface area contributed by atoms with Gasteiger partial charge in [-0.15, -0.1) is 11.3 Å². The number of fused-ring (bicyclic) bond motifs is 1. The summed E-state index contributed by atoms with van der Waals surface area (Å²) in [5.41, 5.74) is 3.29. The Labute approximate surface area is 109 Å². The molecule has 1 aliphatic rings. The highest BCUT2D eigenvalue weighted by Gasteiger charge is 2.16. The first-order valence-electron chi connectivity index (χ1n) is 5.75. The number of aromatic carboxylic acids is 1. The molecular weight excluding hydrogens is 248 g/mol. The maximum absolute atomic E-state index is 11.0. The molecular formula is C14H12O3S. The van der Waals surface area contributed by atoms with Crippen molar-refractivity contribution < 1.29 is 14.6 Å². The van der Waals surface area contributed by atoms with Gasteiger partial charge in [-0.05, 0) is 47.9 Å². The molecule has 0 saturated carbocycles. The van der Waals surface area contributed by atoms with Crippen LogP contribution in [0.3, 0.4) is 0 Å². The van der Waals surface area contributed by atoms with E-state index in [4.69, 9.17) is 9.84 Å². The minimum absolute atomic E-state index is 0.388. The molecule has 3 nitrogen and oxygen atoms in total. The zero-order valence-corrected chi connectivity index (χ0v) is 10.7. The number of hydrogen-bond donors (Lipinski definition) is 1. The van der Waals surface area contributed by atoms with E-state index in [1.165, 1.54) is 16.9 Å². The Morgan fingerprint density at radius 3 is 2.94 bits per heavy atom. The van der Waals surface area contributed by atoms with Crippen molar-refractivity contribution in [2.45, 2.75) is 13.3 Å². The van der Waals surface area contributed by atoms with Crippen LogP contribution in [0.25, 0.3) is 10.4 Å². The lowest BCUT2D eigenvalue weighted by Gasteiger charge is -2.03. The van der Waals surface area contributed by atoms with Gasteiger partial charge in [0.15, 0.2) is 0 Å². The molecule has 0 amide bonds. The second-order valence-corrected chi connectivity index (χ2v) is 5.40. The van der Waals surface area contributed by atoms with Crippen molar-refractivity contribution in [1.29, 1.82) is 0 Å². The van der Waals surface area contributed by atoms with Crippen LogP contribution in [0.4, 0.5) is 0 Å². The smallest absolute Gasteiger partial charge is 0.345 e. The van der Waals surface area contributed by atoms with Crippen molar-refractivity contribution in [3.05, 3.63) is 40.3 Å². The number of carboxylic acid groups (broad SMARTS) is 1. The Balaban J connectivity index is 2.07. The molecule has 3 rings (SSSR count).